The van der Waals surface area contributed by atoms with E-state index in [1.165, 1.54) is 12.1 Å². The lowest BCUT2D eigenvalue weighted by molar-refractivity contribution is 0.00187. The highest BCUT2D eigenvalue weighted by atomic mass is 28.4. The van der Waals surface area contributed by atoms with Crippen molar-refractivity contribution in [3.63, 3.8) is 0 Å². The summed E-state index contributed by atoms with van der Waals surface area (Å²) in [7, 11) is -0.473. The number of piperazine rings is 1. The summed E-state index contributed by atoms with van der Waals surface area (Å²) in [6, 6.07) is 4.34. The van der Waals surface area contributed by atoms with E-state index >= 15 is 4.39 Å². The van der Waals surface area contributed by atoms with Crippen molar-refractivity contribution in [1.29, 1.82) is 0 Å². The fourth-order valence-corrected chi connectivity index (χ4v) is 5.56. The molecule has 0 unspecified atom stereocenters. The third-order valence-electron chi connectivity index (χ3n) is 7.86. The van der Waals surface area contributed by atoms with Gasteiger partial charge in [0.2, 0.25) is 5.88 Å². The Hall–Kier alpha value is -2.72. The van der Waals surface area contributed by atoms with Gasteiger partial charge in [0.25, 0.3) is 5.91 Å². The molecule has 2 heterocycles. The SMILES string of the molecule is CCc1cc2cc(F)c(C(=O)N3CCN(C(=O)OC(C)(C)C)C[C@H]3CCO[Si](C)(C)C(C)(C)C)cc2nc1OC. The van der Waals surface area contributed by atoms with E-state index in [0.717, 1.165) is 5.56 Å². The van der Waals surface area contributed by atoms with Crippen molar-refractivity contribution >= 4 is 31.2 Å². The van der Waals surface area contributed by atoms with Gasteiger partial charge in [-0.3, -0.25) is 4.79 Å². The van der Waals surface area contributed by atoms with Gasteiger partial charge in [-0.25, -0.2) is 14.2 Å². The molecule has 2 aromatic rings. The summed E-state index contributed by atoms with van der Waals surface area (Å²) < 4.78 is 32.8. The zero-order valence-electron chi connectivity index (χ0n) is 25.8. The molecule has 1 fully saturated rings. The predicted octanol–water partition coefficient (Wildman–Crippen LogP) is 6.42. The van der Waals surface area contributed by atoms with Crippen LogP contribution in [0.2, 0.25) is 18.1 Å². The van der Waals surface area contributed by atoms with Crippen LogP contribution in [0, 0.1) is 5.82 Å². The minimum atomic E-state index is -2.02. The van der Waals surface area contributed by atoms with Crippen LogP contribution in [0.5, 0.6) is 5.88 Å². The molecule has 10 heteroatoms. The molecule has 0 bridgehead atoms. The summed E-state index contributed by atoms with van der Waals surface area (Å²) in [5, 5.41) is 0.651. The van der Waals surface area contributed by atoms with E-state index in [0.29, 0.717) is 42.8 Å². The number of hydrogen-bond acceptors (Lipinski definition) is 6. The predicted molar refractivity (Wildman–Crippen MR) is 158 cm³/mol. The second-order valence-corrected chi connectivity index (χ2v) is 17.8. The number of ether oxygens (including phenoxy) is 2. The second kappa shape index (κ2) is 12.0. The largest absolute Gasteiger partial charge is 0.481 e. The molecule has 1 aromatic carbocycles. The fraction of sp³-hybridized carbons (Fsp3) is 0.633. The highest BCUT2D eigenvalue weighted by Crippen LogP contribution is 2.37. The smallest absolute Gasteiger partial charge is 0.410 e. The zero-order valence-corrected chi connectivity index (χ0v) is 26.8. The monoisotopic (exact) mass is 575 g/mol. The maximum absolute atomic E-state index is 15.4. The average molecular weight is 576 g/mol. The van der Waals surface area contributed by atoms with Crippen LogP contribution in [0.3, 0.4) is 0 Å². The van der Waals surface area contributed by atoms with E-state index in [1.54, 1.807) is 16.9 Å². The van der Waals surface area contributed by atoms with Gasteiger partial charge in [0.1, 0.15) is 11.4 Å². The van der Waals surface area contributed by atoms with Crippen molar-refractivity contribution in [2.75, 3.05) is 33.4 Å². The molecule has 2 amide bonds. The Balaban J connectivity index is 1.90. The number of carbonyl (C=O) groups is 2. The van der Waals surface area contributed by atoms with Crippen LogP contribution in [0.15, 0.2) is 18.2 Å². The first-order valence-corrected chi connectivity index (χ1v) is 17.0. The lowest BCUT2D eigenvalue weighted by Gasteiger charge is -2.42. The van der Waals surface area contributed by atoms with Crippen molar-refractivity contribution < 1.29 is 27.9 Å². The number of hydrogen-bond donors (Lipinski definition) is 0. The van der Waals surface area contributed by atoms with Gasteiger partial charge in [0.15, 0.2) is 8.32 Å². The van der Waals surface area contributed by atoms with Crippen molar-refractivity contribution in [2.45, 2.75) is 91.1 Å². The Labute approximate surface area is 239 Å². The standard InChI is InChI=1S/C30H46FN3O5Si/c1-11-20-16-21-17-24(31)23(18-25(21)32-26(20)37-8)27(35)34-14-13-33(28(36)39-29(2,3)4)19-22(34)12-15-38-40(9,10)30(5,6)7/h16-18,22H,11-15,19H2,1-10H3/t22-/m1/s1. The summed E-state index contributed by atoms with van der Waals surface area (Å²) in [6.07, 6.45) is 0.781. The number of methoxy groups -OCH3 is 1. The van der Waals surface area contributed by atoms with E-state index in [-0.39, 0.29) is 29.7 Å². The fourth-order valence-electron chi connectivity index (χ4n) is 4.50. The van der Waals surface area contributed by atoms with Crippen LogP contribution in [0.1, 0.15) is 70.8 Å². The minimum Gasteiger partial charge on any atom is -0.481 e. The topological polar surface area (TPSA) is 81.2 Å². The molecule has 222 valence electrons. The quantitative estimate of drug-likeness (QED) is 0.355. The van der Waals surface area contributed by atoms with Crippen LogP contribution in [-0.2, 0) is 15.6 Å². The van der Waals surface area contributed by atoms with Crippen molar-refractivity contribution in [3.05, 3.63) is 35.1 Å². The van der Waals surface area contributed by atoms with Gasteiger partial charge >= 0.3 is 6.09 Å². The Morgan fingerprint density at radius 3 is 2.35 bits per heavy atom. The number of aromatic nitrogens is 1. The van der Waals surface area contributed by atoms with E-state index in [1.807, 2.05) is 33.8 Å². The molecular weight excluding hydrogens is 529 g/mol. The van der Waals surface area contributed by atoms with Crippen molar-refractivity contribution in [1.82, 2.24) is 14.8 Å². The van der Waals surface area contributed by atoms with Gasteiger partial charge in [-0.15, -0.1) is 0 Å². The molecule has 8 nitrogen and oxygen atoms in total. The molecule has 1 saturated heterocycles. The maximum Gasteiger partial charge on any atom is 0.410 e. The second-order valence-electron chi connectivity index (χ2n) is 13.0. The first kappa shape index (κ1) is 31.8. The number of nitrogens with zero attached hydrogens (tertiary/aromatic N) is 3. The summed E-state index contributed by atoms with van der Waals surface area (Å²) in [6.45, 7) is 19.6. The third kappa shape index (κ3) is 7.31. The third-order valence-corrected chi connectivity index (χ3v) is 12.4. The Bertz CT molecular complexity index is 1240. The molecule has 0 N–H and O–H groups in total. The molecule has 1 aliphatic rings. The zero-order chi connectivity index (χ0) is 30.0. The summed E-state index contributed by atoms with van der Waals surface area (Å²) in [5.74, 6) is -0.565. The van der Waals surface area contributed by atoms with E-state index in [9.17, 15) is 9.59 Å². The minimum absolute atomic E-state index is 0.0392. The summed E-state index contributed by atoms with van der Waals surface area (Å²) >= 11 is 0. The number of fused-ring (bicyclic) bond motifs is 1. The molecule has 0 radical (unpaired) electrons. The Kier molecular flexibility index (Phi) is 9.56. The van der Waals surface area contributed by atoms with Gasteiger partial charge in [0.05, 0.1) is 24.2 Å². The molecule has 1 aromatic heterocycles. The Morgan fingerprint density at radius 2 is 1.77 bits per heavy atom. The van der Waals surface area contributed by atoms with E-state index in [4.69, 9.17) is 13.9 Å². The molecule has 1 atom stereocenters. The van der Waals surface area contributed by atoms with Crippen molar-refractivity contribution in [3.8, 4) is 5.88 Å². The molecule has 0 saturated carbocycles. The van der Waals surface area contributed by atoms with Gasteiger partial charge in [-0.1, -0.05) is 27.7 Å². The first-order chi connectivity index (χ1) is 18.5. The van der Waals surface area contributed by atoms with Gasteiger partial charge in [-0.2, -0.15) is 0 Å². The highest BCUT2D eigenvalue weighted by molar-refractivity contribution is 6.74. The van der Waals surface area contributed by atoms with Crippen molar-refractivity contribution in [2.24, 2.45) is 0 Å². The van der Waals surface area contributed by atoms with Crippen LogP contribution >= 0.6 is 0 Å². The normalized spacial score (nSPS) is 16.8. The van der Waals surface area contributed by atoms with Crippen LogP contribution < -0.4 is 4.74 Å². The van der Waals surface area contributed by atoms with Gasteiger partial charge < -0.3 is 23.7 Å². The lowest BCUT2D eigenvalue weighted by atomic mass is 10.0. The molecular formula is C30H46FN3O5Si. The number of rotatable bonds is 7. The van der Waals surface area contributed by atoms with Gasteiger partial charge in [-0.05, 0) is 69.9 Å². The number of halogens is 1. The number of aryl methyl sites for hydroxylation is 1. The van der Waals surface area contributed by atoms with Gasteiger partial charge in [0, 0.05) is 37.2 Å². The highest BCUT2D eigenvalue weighted by Gasteiger charge is 2.39. The molecule has 40 heavy (non-hydrogen) atoms. The first-order valence-electron chi connectivity index (χ1n) is 14.1. The number of amides is 2. The molecule has 3 rings (SSSR count). The molecule has 1 aliphatic heterocycles. The van der Waals surface area contributed by atoms with Crippen LogP contribution in [0.4, 0.5) is 9.18 Å². The van der Waals surface area contributed by atoms with Crippen LogP contribution in [0.25, 0.3) is 10.9 Å². The Morgan fingerprint density at radius 1 is 1.10 bits per heavy atom. The number of benzene rings is 1. The summed E-state index contributed by atoms with van der Waals surface area (Å²) in [4.78, 5) is 34.5. The maximum atomic E-state index is 15.4. The number of carbonyl (C=O) groups excluding carboxylic acids is 2. The van der Waals surface area contributed by atoms with Crippen LogP contribution in [-0.4, -0.2) is 80.1 Å². The average Bonchev–Trinajstić information content (AvgIpc) is 2.85. The lowest BCUT2D eigenvalue weighted by Crippen LogP contribution is -2.57. The van der Waals surface area contributed by atoms with E-state index in [2.05, 4.69) is 38.8 Å². The molecule has 0 aliphatic carbocycles. The summed E-state index contributed by atoms with van der Waals surface area (Å²) in [5.41, 5.74) is 0.676. The number of pyridine rings is 1. The van der Waals surface area contributed by atoms with E-state index < -0.39 is 31.7 Å². The molecule has 0 spiro atoms.